The van der Waals surface area contributed by atoms with Gasteiger partial charge in [-0.2, -0.15) is 15.1 Å². The van der Waals surface area contributed by atoms with E-state index in [1.54, 1.807) is 30.0 Å². The average molecular weight is 662 g/mol. The summed E-state index contributed by atoms with van der Waals surface area (Å²) < 4.78 is 40.1. The van der Waals surface area contributed by atoms with Crippen molar-refractivity contribution >= 4 is 47.4 Å². The van der Waals surface area contributed by atoms with Crippen LogP contribution in [-0.2, 0) is 23.4 Å². The molecule has 0 spiro atoms. The van der Waals surface area contributed by atoms with E-state index in [4.69, 9.17) is 30.7 Å². The van der Waals surface area contributed by atoms with E-state index in [-0.39, 0.29) is 30.5 Å². The van der Waals surface area contributed by atoms with Crippen LogP contribution in [0.4, 0.5) is 11.8 Å². The molecule has 1 saturated heterocycles. The van der Waals surface area contributed by atoms with E-state index in [0.29, 0.717) is 35.2 Å². The third-order valence-electron chi connectivity index (χ3n) is 7.79. The quantitative estimate of drug-likeness (QED) is 0.100. The maximum atomic E-state index is 14.4. The lowest BCUT2D eigenvalue weighted by Gasteiger charge is -2.25. The van der Waals surface area contributed by atoms with Gasteiger partial charge in [-0.1, -0.05) is 63.1 Å². The first-order valence-corrected chi connectivity index (χ1v) is 17.2. The molecule has 2 aromatic carbocycles. The molecule has 1 aliphatic heterocycles. The summed E-state index contributed by atoms with van der Waals surface area (Å²) in [7, 11) is -4.19. The number of carbonyl (C=O) groups excluding carboxylic acids is 1. The zero-order valence-electron chi connectivity index (χ0n) is 26.9. The molecule has 14 heteroatoms. The van der Waals surface area contributed by atoms with Gasteiger partial charge in [-0.25, -0.2) is 9.55 Å². The molecule has 47 heavy (non-hydrogen) atoms. The first-order chi connectivity index (χ1) is 22.4. The highest BCUT2D eigenvalue weighted by atomic mass is 31.2. The molecule has 2 aromatic heterocycles. The number of fused-ring (bicyclic) bond motifs is 2. The Kier molecular flexibility index (Phi) is 9.14. The lowest BCUT2D eigenvalue weighted by atomic mass is 9.99. The number of imidazole rings is 1. The lowest BCUT2D eigenvalue weighted by molar-refractivity contribution is -0.148. The van der Waals surface area contributed by atoms with Crippen molar-refractivity contribution < 1.29 is 27.9 Å². The molecule has 3 heterocycles. The monoisotopic (exact) mass is 661 g/mol. The first-order valence-electron chi connectivity index (χ1n) is 15.7. The van der Waals surface area contributed by atoms with Crippen molar-refractivity contribution in [3.05, 3.63) is 48.8 Å². The second kappa shape index (κ2) is 13.1. The highest BCUT2D eigenvalue weighted by molar-refractivity contribution is 7.52. The highest BCUT2D eigenvalue weighted by Crippen LogP contribution is 2.48. The summed E-state index contributed by atoms with van der Waals surface area (Å²) in [5, 5.41) is 7.75. The molecule has 1 unspecified atom stereocenters. The summed E-state index contributed by atoms with van der Waals surface area (Å²) in [6.07, 6.45) is 8.85. The van der Waals surface area contributed by atoms with Crippen LogP contribution in [0, 0.1) is 23.7 Å². The fraction of sp³-hybridized carbons (Fsp3) is 0.455. The van der Waals surface area contributed by atoms with Gasteiger partial charge in [-0.15, -0.1) is 6.42 Å². The number of carbonyl (C=O) groups is 1. The van der Waals surface area contributed by atoms with Gasteiger partial charge in [0.2, 0.25) is 5.95 Å². The van der Waals surface area contributed by atoms with Gasteiger partial charge in [-0.05, 0) is 43.1 Å². The van der Waals surface area contributed by atoms with Crippen LogP contribution in [0.1, 0.15) is 53.2 Å². The number of esters is 1. The van der Waals surface area contributed by atoms with Crippen LogP contribution in [-0.4, -0.2) is 56.9 Å². The lowest BCUT2D eigenvalue weighted by Crippen LogP contribution is -2.37. The summed E-state index contributed by atoms with van der Waals surface area (Å²) in [5.41, 5.74) is 6.86. The van der Waals surface area contributed by atoms with E-state index < -0.39 is 32.1 Å². The molecule has 248 valence electrons. The Bertz CT molecular complexity index is 1860. The van der Waals surface area contributed by atoms with E-state index in [9.17, 15) is 9.36 Å². The number of terminal acetylenes is 1. The van der Waals surface area contributed by atoms with E-state index in [0.717, 1.165) is 23.6 Å². The van der Waals surface area contributed by atoms with Crippen molar-refractivity contribution in [2.75, 3.05) is 24.3 Å². The maximum Gasteiger partial charge on any atom is 0.459 e. The minimum Gasteiger partial charge on any atom is -0.464 e. The molecule has 4 aromatic rings. The van der Waals surface area contributed by atoms with Crippen LogP contribution in [0.3, 0.4) is 0 Å². The number of nitrogens with zero attached hydrogens (tertiary/aromatic N) is 4. The molecule has 4 N–H and O–H groups in total. The predicted molar refractivity (Wildman–Crippen MR) is 178 cm³/mol. The number of anilines is 2. The van der Waals surface area contributed by atoms with Crippen LogP contribution in [0.5, 0.6) is 5.75 Å². The molecule has 0 bridgehead atoms. The second-order valence-corrected chi connectivity index (χ2v) is 14.9. The van der Waals surface area contributed by atoms with Gasteiger partial charge >= 0.3 is 13.7 Å². The number of nitrogens with two attached hydrogens (primary N) is 1. The van der Waals surface area contributed by atoms with Gasteiger partial charge in [0.05, 0.1) is 31.6 Å². The summed E-state index contributed by atoms with van der Waals surface area (Å²) in [5.74, 6) is 2.84. The molecule has 13 nitrogen and oxygen atoms in total. The van der Waals surface area contributed by atoms with Crippen molar-refractivity contribution in [2.45, 2.75) is 71.4 Å². The van der Waals surface area contributed by atoms with Gasteiger partial charge in [-0.3, -0.25) is 13.9 Å². The Hall–Kier alpha value is -4.21. The Balaban J connectivity index is 1.21. The average Bonchev–Trinajstić information content (AvgIpc) is 3.59. The van der Waals surface area contributed by atoms with Crippen LogP contribution < -0.4 is 20.7 Å². The SMILES string of the molecule is C#C[C@H]1C[C@@H](COP(=O)(N[C@@H](C)C(=O)OCC(C)(C)C)Oc2cccc3ccccc23)O[C@H]1n1cnc2c(NC3CC3)nc(N)nc21. The Morgan fingerprint density at radius 1 is 1.21 bits per heavy atom. The fourth-order valence-corrected chi connectivity index (χ4v) is 6.82. The van der Waals surface area contributed by atoms with Crippen molar-refractivity contribution in [1.82, 2.24) is 24.6 Å². The molecule has 0 amide bonds. The van der Waals surface area contributed by atoms with E-state index >= 15 is 0 Å². The Morgan fingerprint density at radius 3 is 2.72 bits per heavy atom. The number of rotatable bonds is 12. The van der Waals surface area contributed by atoms with Gasteiger partial charge in [0.1, 0.15) is 11.8 Å². The number of nitrogen functional groups attached to an aromatic ring is 1. The Morgan fingerprint density at radius 2 is 1.98 bits per heavy atom. The molecule has 5 atom stereocenters. The first kappa shape index (κ1) is 32.7. The number of ether oxygens (including phenoxy) is 2. The molecule has 2 fully saturated rings. The fourth-order valence-electron chi connectivity index (χ4n) is 5.28. The molecule has 1 aliphatic carbocycles. The molecule has 0 radical (unpaired) electrons. The molecular weight excluding hydrogens is 621 g/mol. The van der Waals surface area contributed by atoms with Gasteiger partial charge in [0.15, 0.2) is 23.2 Å². The number of aromatic nitrogens is 4. The van der Waals surface area contributed by atoms with Crippen molar-refractivity contribution in [1.29, 1.82) is 0 Å². The summed E-state index contributed by atoms with van der Waals surface area (Å²) in [6.45, 7) is 7.45. The zero-order chi connectivity index (χ0) is 33.3. The van der Waals surface area contributed by atoms with Crippen molar-refractivity contribution in [3.63, 3.8) is 0 Å². The largest absolute Gasteiger partial charge is 0.464 e. The molecule has 1 saturated carbocycles. The topological polar surface area (TPSA) is 165 Å². The molecular formula is C33H40N7O6P. The number of nitrogens with one attached hydrogen (secondary N) is 2. The van der Waals surface area contributed by atoms with Crippen LogP contribution in [0.2, 0.25) is 0 Å². The Labute approximate surface area is 273 Å². The van der Waals surface area contributed by atoms with Gasteiger partial charge in [0, 0.05) is 11.4 Å². The van der Waals surface area contributed by atoms with E-state index in [1.807, 2.05) is 51.1 Å². The second-order valence-electron chi connectivity index (χ2n) is 13.2. The van der Waals surface area contributed by atoms with Crippen molar-refractivity contribution in [2.24, 2.45) is 11.3 Å². The smallest absolute Gasteiger partial charge is 0.459 e. The van der Waals surface area contributed by atoms with Gasteiger partial charge < -0.3 is 25.0 Å². The van der Waals surface area contributed by atoms with E-state index in [1.165, 1.54) is 0 Å². The van der Waals surface area contributed by atoms with Crippen LogP contribution in [0.25, 0.3) is 21.9 Å². The highest BCUT2D eigenvalue weighted by Gasteiger charge is 2.40. The minimum absolute atomic E-state index is 0.102. The zero-order valence-corrected chi connectivity index (χ0v) is 27.8. The normalized spacial score (nSPS) is 21.6. The summed E-state index contributed by atoms with van der Waals surface area (Å²) in [4.78, 5) is 26.2. The summed E-state index contributed by atoms with van der Waals surface area (Å²) in [6, 6.07) is 12.3. The van der Waals surface area contributed by atoms with Crippen LogP contribution >= 0.6 is 7.75 Å². The number of hydrogen-bond donors (Lipinski definition) is 3. The third-order valence-corrected chi connectivity index (χ3v) is 9.42. The van der Waals surface area contributed by atoms with Crippen molar-refractivity contribution in [3.8, 4) is 18.1 Å². The standard InChI is InChI=1S/C33H40N7O6P/c1-6-21-16-24(45-30(21)40-19-35-27-28(36-23-14-15-23)37-32(34)38-29(27)40)17-44-47(42,39-20(2)31(41)43-18-33(3,4)5)46-26-13-9-11-22-10-7-8-12-25(22)26/h1,7-13,19-21,23-24,30H,14-18H2,2-5H3,(H,39,42)(H3,34,36,37,38)/t20-,21-,24-,30+,47?/m0/s1. The number of benzene rings is 2. The van der Waals surface area contributed by atoms with Gasteiger partial charge in [0.25, 0.3) is 0 Å². The maximum absolute atomic E-state index is 14.4. The minimum atomic E-state index is -4.19. The number of hydrogen-bond acceptors (Lipinski definition) is 11. The molecule has 6 rings (SSSR count). The summed E-state index contributed by atoms with van der Waals surface area (Å²) >= 11 is 0. The predicted octanol–water partition coefficient (Wildman–Crippen LogP) is 5.44. The van der Waals surface area contributed by atoms with E-state index in [2.05, 4.69) is 31.3 Å². The van der Waals surface area contributed by atoms with Crippen LogP contribution in [0.15, 0.2) is 48.8 Å². The third kappa shape index (κ3) is 7.68. The molecule has 2 aliphatic rings.